The van der Waals surface area contributed by atoms with E-state index >= 15 is 28.8 Å². The number of aromatic amines is 1. The number of primary amides is 2. The zero-order chi connectivity index (χ0) is 90.2. The Morgan fingerprint density at radius 2 is 1.32 bits per heavy atom. The van der Waals surface area contributed by atoms with Crippen molar-refractivity contribution in [2.24, 2.45) is 50.6 Å². The Kier molecular flexibility index (Phi) is 36.6. The lowest BCUT2D eigenvalue weighted by atomic mass is 9.74. The number of amides is 15. The molecule has 15 amide bonds. The summed E-state index contributed by atoms with van der Waals surface area (Å²) >= 11 is 0. The molecule has 3 aromatic rings. The number of ketones is 1. The van der Waals surface area contributed by atoms with Gasteiger partial charge < -0.3 is 106 Å². The summed E-state index contributed by atoms with van der Waals surface area (Å²) in [7, 11) is -3.44. The summed E-state index contributed by atoms with van der Waals surface area (Å²) in [5.74, 6) is -21.1. The Balaban J connectivity index is 1.56. The maximum Gasteiger partial charge on any atom is 0.325 e. The Morgan fingerprint density at radius 3 is 1.91 bits per heavy atom. The number of guanidine groups is 1. The van der Waals surface area contributed by atoms with Crippen molar-refractivity contribution in [2.45, 2.75) is 232 Å². The number of cyclic esters (lactones) is 1. The molecule has 2 fully saturated rings. The fraction of sp³-hybridized carbons (Fsp3) is 0.590. The number of nitrogens with two attached hydrogens (primary N) is 4. The Morgan fingerprint density at radius 1 is 0.708 bits per heavy atom. The quantitative estimate of drug-likeness (QED) is 0.00656. The first-order valence-corrected chi connectivity index (χ1v) is 40.9. The lowest BCUT2D eigenvalue weighted by molar-refractivity contribution is -0.158. The van der Waals surface area contributed by atoms with Gasteiger partial charge in [-0.25, -0.2) is 0 Å². The Labute approximate surface area is 695 Å². The number of aliphatic imine (C=N–C) groups is 1. The summed E-state index contributed by atoms with van der Waals surface area (Å²) < 4.78 is 42.2. The van der Waals surface area contributed by atoms with E-state index in [1.54, 1.807) is 116 Å². The van der Waals surface area contributed by atoms with Crippen molar-refractivity contribution in [1.29, 1.82) is 0 Å². The maximum absolute atomic E-state index is 15.4. The standard InChI is InChI=1S/C78H117N19O22S/c1-40(2)31-50-68(108)92-61(42(4)99)72(112)90-53(35-59(80)102)73(113)95(12)37-60(103)119-43(5)62(75(115)96(13)55(70(110)88-50)27-28-58(79)101)93-69(109)54(38-120(116,117)118)91-66(106)49(25-19-29-83-76(81)82)86-67(107)51(33-45-36-84-48-24-18-17-23-46(45)48)87-65(105)47(77(6,7)8)34-57(100)63(78(9,10)11)94-71(111)56-26-20-30-97(56)74(114)52(32-44-21-15-14-16-22-44)89-64(104)41(3)85-39-98/h14-18,21-24,36,39-43,47,49-56,61-63,84,99H,19-20,25-35,37-38H2,1-13H3,(H2,79,101)(H2,80,102)(H,85,98)(H,86,107)(H,87,105)(H,88,110)(H,89,104)(H,90,112)(H,91,106)(H,92,108)(H,93,109)(H,94,111)(H4,81,82,83)(H,116,117,118). The van der Waals surface area contributed by atoms with Gasteiger partial charge in [0.25, 0.3) is 10.1 Å². The summed E-state index contributed by atoms with van der Waals surface area (Å²) in [6, 6.07) is -4.70. The van der Waals surface area contributed by atoms with Gasteiger partial charge in [0.05, 0.1) is 18.6 Å². The molecule has 42 heteroatoms. The number of nitrogens with one attached hydrogen (secondary N) is 11. The van der Waals surface area contributed by atoms with E-state index in [2.05, 4.69) is 63.1 Å². The van der Waals surface area contributed by atoms with Gasteiger partial charge in [0.2, 0.25) is 89.1 Å². The van der Waals surface area contributed by atoms with E-state index in [1.807, 2.05) is 0 Å². The van der Waals surface area contributed by atoms with E-state index in [0.717, 1.165) is 27.9 Å². The van der Waals surface area contributed by atoms with Crippen molar-refractivity contribution < 1.29 is 104 Å². The predicted octanol–water partition coefficient (Wildman–Crippen LogP) is -4.15. The molecule has 15 unspecified atom stereocenters. The van der Waals surface area contributed by atoms with Crippen LogP contribution in [0.3, 0.4) is 0 Å². The number of benzene rings is 2. The van der Waals surface area contributed by atoms with Gasteiger partial charge >= 0.3 is 5.97 Å². The Bertz CT molecular complexity index is 4370. The van der Waals surface area contributed by atoms with Crippen LogP contribution in [0.15, 0.2) is 65.8 Å². The average Bonchev–Trinajstić information content (AvgIpc) is 1.58. The van der Waals surface area contributed by atoms with E-state index in [0.29, 0.717) is 44.7 Å². The molecule has 0 saturated carbocycles. The van der Waals surface area contributed by atoms with E-state index in [1.165, 1.54) is 11.8 Å². The van der Waals surface area contributed by atoms with Gasteiger partial charge in [-0.2, -0.15) is 8.42 Å². The largest absolute Gasteiger partial charge is 0.459 e. The number of ether oxygens (including phenoxy) is 1. The SMILES string of the molecule is CC(C)CC1NC(=O)C(CCC(N)=O)N(C)C(=O)C(NC(=O)C(CS(=O)(=O)O)NC(=O)C(CCCN=C(N)N)NC(=O)C(Cc2c[nH]c3ccccc23)NC(=O)C(CC(=O)C(NC(=O)C2CCCN2C(=O)C(Cc2ccccc2)NC(=O)C(C)NC=O)C(C)(C)C)C(C)(C)C)C(C)OC(=O)CN(C)C(=O)C(CC(N)=O)NC(=O)C(C(C)O)NC1=O. The highest BCUT2D eigenvalue weighted by Crippen LogP contribution is 2.33. The molecule has 2 saturated heterocycles. The molecule has 0 aliphatic carbocycles. The number of esters is 1. The van der Waals surface area contributed by atoms with Gasteiger partial charge in [-0.15, -0.1) is 0 Å². The first-order valence-electron chi connectivity index (χ1n) is 39.2. The summed E-state index contributed by atoms with van der Waals surface area (Å²) in [6.45, 7) is 15.6. The van der Waals surface area contributed by atoms with E-state index in [4.69, 9.17) is 27.7 Å². The number of hydrogen-bond donors (Lipinski definition) is 17. The molecule has 3 heterocycles. The van der Waals surface area contributed by atoms with Crippen LogP contribution >= 0.6 is 0 Å². The van der Waals surface area contributed by atoms with Crippen LogP contribution in [0.1, 0.15) is 145 Å². The van der Waals surface area contributed by atoms with Crippen molar-refractivity contribution in [3.05, 3.63) is 71.9 Å². The third-order valence-corrected chi connectivity index (χ3v) is 21.1. The van der Waals surface area contributed by atoms with Crippen LogP contribution in [0, 0.1) is 22.7 Å². The minimum absolute atomic E-state index is 0.0159. The molecular weight excluding hydrogens is 1590 g/mol. The number of carbonyl (C=O) groups excluding carboxylic acids is 17. The van der Waals surface area contributed by atoms with Crippen LogP contribution in [-0.2, 0) is 109 Å². The molecule has 662 valence electrons. The first-order chi connectivity index (χ1) is 55.9. The van der Waals surface area contributed by atoms with Crippen molar-refractivity contribution in [3.8, 4) is 0 Å². The van der Waals surface area contributed by atoms with Gasteiger partial charge in [0, 0.05) is 75.9 Å². The summed E-state index contributed by atoms with van der Waals surface area (Å²) in [6.07, 6.45) is -5.19. The number of rotatable bonds is 36. The molecule has 120 heavy (non-hydrogen) atoms. The van der Waals surface area contributed by atoms with Crippen LogP contribution in [-0.4, -0.2) is 269 Å². The summed E-state index contributed by atoms with van der Waals surface area (Å²) in [4.78, 5) is 250. The summed E-state index contributed by atoms with van der Waals surface area (Å²) in [5, 5.41) is 36.1. The molecular formula is C78H117N19O22S. The smallest absolute Gasteiger partial charge is 0.325 e. The van der Waals surface area contributed by atoms with E-state index < -0.39 is 262 Å². The normalized spacial score (nSPS) is 20.8. The number of aliphatic hydroxyl groups is 1. The minimum atomic E-state index is -5.43. The topological polar surface area (TPSA) is 636 Å². The van der Waals surface area contributed by atoms with Crippen LogP contribution in [0.5, 0.6) is 0 Å². The van der Waals surface area contributed by atoms with E-state index in [9.17, 15) is 70.8 Å². The molecule has 41 nitrogen and oxygen atoms in total. The number of aliphatic hydroxyl groups excluding tert-OH is 1. The molecule has 2 aromatic carbocycles. The van der Waals surface area contributed by atoms with Crippen molar-refractivity contribution in [1.82, 2.24) is 72.9 Å². The zero-order valence-electron chi connectivity index (χ0n) is 69.8. The number of aromatic nitrogens is 1. The molecule has 0 bridgehead atoms. The first kappa shape index (κ1) is 98.9. The van der Waals surface area contributed by atoms with Crippen molar-refractivity contribution in [3.63, 3.8) is 0 Å². The highest BCUT2D eigenvalue weighted by Gasteiger charge is 2.46. The molecule has 5 rings (SSSR count). The van der Waals surface area contributed by atoms with Crippen LogP contribution < -0.4 is 76.1 Å². The molecule has 2 aliphatic heterocycles. The average molecular weight is 1700 g/mol. The number of nitrogens with zero attached hydrogens (tertiary/aromatic N) is 4. The number of hydrogen-bond acceptors (Lipinski definition) is 22. The number of Topliss-reactive ketones (excluding diaryl/α,β-unsaturated/α-hetero) is 1. The number of likely N-dealkylation sites (tertiary alicyclic amines) is 1. The number of fused-ring (bicyclic) bond motifs is 1. The minimum Gasteiger partial charge on any atom is -0.459 e. The van der Waals surface area contributed by atoms with Crippen LogP contribution in [0.2, 0.25) is 0 Å². The molecule has 0 radical (unpaired) electrons. The zero-order valence-corrected chi connectivity index (χ0v) is 70.6. The Hall–Kier alpha value is -11.7. The second-order valence-corrected chi connectivity index (χ2v) is 34.3. The lowest BCUT2D eigenvalue weighted by Crippen LogP contribution is -2.63. The highest BCUT2D eigenvalue weighted by molar-refractivity contribution is 7.85. The van der Waals surface area contributed by atoms with E-state index in [-0.39, 0.29) is 45.2 Å². The molecule has 15 atom stereocenters. The molecule has 21 N–H and O–H groups in total. The predicted molar refractivity (Wildman–Crippen MR) is 434 cm³/mol. The second-order valence-electron chi connectivity index (χ2n) is 32.8. The number of carbonyl (C=O) groups is 17. The second kappa shape index (κ2) is 44.4. The van der Waals surface area contributed by atoms with Gasteiger partial charge in [-0.3, -0.25) is 91.1 Å². The van der Waals surface area contributed by atoms with Crippen molar-refractivity contribution in [2.75, 3.05) is 39.5 Å². The third-order valence-electron chi connectivity index (χ3n) is 20.3. The maximum atomic E-state index is 15.4. The molecule has 2 aliphatic rings. The van der Waals surface area contributed by atoms with Gasteiger partial charge in [0.1, 0.15) is 84.9 Å². The highest BCUT2D eigenvalue weighted by atomic mass is 32.2. The van der Waals surface area contributed by atoms with Crippen LogP contribution in [0.25, 0.3) is 10.9 Å². The fourth-order valence-electron chi connectivity index (χ4n) is 13.8. The van der Waals surface area contributed by atoms with Crippen molar-refractivity contribution >= 4 is 128 Å². The van der Waals surface area contributed by atoms with Gasteiger partial charge in [0.15, 0.2) is 11.7 Å². The van der Waals surface area contributed by atoms with Crippen LogP contribution in [0.4, 0.5) is 0 Å². The third kappa shape index (κ3) is 30.0. The number of likely N-dealkylation sites (N-methyl/N-ethyl adjacent to an activating group) is 2. The molecule has 0 spiro atoms. The summed E-state index contributed by atoms with van der Waals surface area (Å²) in [5.41, 5.74) is 21.8. The van der Waals surface area contributed by atoms with Gasteiger partial charge in [-0.1, -0.05) is 104 Å². The number of para-hydroxylation sites is 1. The molecule has 1 aromatic heterocycles. The number of H-pyrrole nitrogens is 1. The fourth-order valence-corrected chi connectivity index (χ4v) is 14.5. The van der Waals surface area contributed by atoms with Gasteiger partial charge in [-0.05, 0) is 93.2 Å². The monoisotopic (exact) mass is 1700 g/mol. The lowest BCUT2D eigenvalue weighted by Gasteiger charge is -2.36.